The molecule has 1 fully saturated rings. The summed E-state index contributed by atoms with van der Waals surface area (Å²) in [4.78, 5) is 12.3. The van der Waals surface area contributed by atoms with E-state index >= 15 is 0 Å². The summed E-state index contributed by atoms with van der Waals surface area (Å²) in [6, 6.07) is 10.7. The standard InChI is InChI=1S/C17H15FN4O4S/c18-14-3-6-16(22(23)24)17(11-14)20-7-9-21(10-8-20)27(25,26)15-4-1-13(12-19)2-5-15/h1-6,11H,7-10H2. The highest BCUT2D eigenvalue weighted by atomic mass is 32.2. The van der Waals surface area contributed by atoms with Crippen LogP contribution in [0.25, 0.3) is 0 Å². The first kappa shape index (κ1) is 18.8. The van der Waals surface area contributed by atoms with Crippen LogP contribution < -0.4 is 4.90 Å². The van der Waals surface area contributed by atoms with Gasteiger partial charge in [0.15, 0.2) is 0 Å². The molecule has 27 heavy (non-hydrogen) atoms. The number of rotatable bonds is 4. The zero-order valence-electron chi connectivity index (χ0n) is 14.1. The molecule has 1 saturated heterocycles. The second-order valence-corrected chi connectivity index (χ2v) is 7.86. The van der Waals surface area contributed by atoms with Crippen LogP contribution in [0.4, 0.5) is 15.8 Å². The molecular formula is C17H15FN4O4S. The fraction of sp³-hybridized carbons (Fsp3) is 0.235. The molecule has 10 heteroatoms. The Balaban J connectivity index is 1.78. The van der Waals surface area contributed by atoms with Crippen molar-refractivity contribution in [1.29, 1.82) is 5.26 Å². The third kappa shape index (κ3) is 3.74. The van der Waals surface area contributed by atoms with Crippen molar-refractivity contribution in [1.82, 2.24) is 4.31 Å². The molecule has 0 unspecified atom stereocenters. The predicted octanol–water partition coefficient (Wildman–Crippen LogP) is 2.12. The molecule has 0 radical (unpaired) electrons. The summed E-state index contributed by atoms with van der Waals surface area (Å²) >= 11 is 0. The van der Waals surface area contributed by atoms with E-state index in [0.29, 0.717) is 5.56 Å². The van der Waals surface area contributed by atoms with Crippen LogP contribution >= 0.6 is 0 Å². The largest absolute Gasteiger partial charge is 0.363 e. The molecule has 8 nitrogen and oxygen atoms in total. The Morgan fingerprint density at radius 2 is 1.70 bits per heavy atom. The first-order valence-corrected chi connectivity index (χ1v) is 9.46. The van der Waals surface area contributed by atoms with Gasteiger partial charge in [-0.05, 0) is 30.3 Å². The summed E-state index contributed by atoms with van der Waals surface area (Å²) in [6.45, 7) is 0.603. The smallest absolute Gasteiger partial charge is 0.292 e. The van der Waals surface area contributed by atoms with Crippen molar-refractivity contribution in [2.45, 2.75) is 4.90 Å². The topological polar surface area (TPSA) is 108 Å². The molecule has 0 aliphatic carbocycles. The number of nitro benzene ring substituents is 1. The van der Waals surface area contributed by atoms with Gasteiger partial charge < -0.3 is 4.90 Å². The van der Waals surface area contributed by atoms with Gasteiger partial charge in [0, 0.05) is 38.3 Å². The number of halogens is 1. The predicted molar refractivity (Wildman–Crippen MR) is 95.2 cm³/mol. The summed E-state index contributed by atoms with van der Waals surface area (Å²) < 4.78 is 40.2. The fourth-order valence-corrected chi connectivity index (χ4v) is 4.35. The molecule has 0 atom stereocenters. The second kappa shape index (κ2) is 7.30. The van der Waals surface area contributed by atoms with Crippen LogP contribution in [0.2, 0.25) is 0 Å². The molecule has 0 amide bonds. The van der Waals surface area contributed by atoms with Crippen LogP contribution in [0, 0.1) is 27.3 Å². The van der Waals surface area contributed by atoms with Gasteiger partial charge in [0.25, 0.3) is 5.69 Å². The Bertz CT molecular complexity index is 1010. The van der Waals surface area contributed by atoms with Gasteiger partial charge >= 0.3 is 0 Å². The number of nitriles is 1. The Kier molecular flexibility index (Phi) is 5.07. The van der Waals surface area contributed by atoms with Crippen LogP contribution in [0.5, 0.6) is 0 Å². The van der Waals surface area contributed by atoms with Crippen molar-refractivity contribution >= 4 is 21.4 Å². The Labute approximate surface area is 155 Å². The van der Waals surface area contributed by atoms with Gasteiger partial charge in [-0.25, -0.2) is 12.8 Å². The van der Waals surface area contributed by atoms with E-state index in [0.717, 1.165) is 18.2 Å². The molecular weight excluding hydrogens is 375 g/mol. The molecule has 0 bridgehead atoms. The number of nitro groups is 1. The third-order valence-corrected chi connectivity index (χ3v) is 6.25. The van der Waals surface area contributed by atoms with Gasteiger partial charge in [-0.15, -0.1) is 0 Å². The minimum absolute atomic E-state index is 0.0756. The van der Waals surface area contributed by atoms with Crippen LogP contribution in [0.15, 0.2) is 47.4 Å². The number of anilines is 1. The minimum Gasteiger partial charge on any atom is -0.363 e. The highest BCUT2D eigenvalue weighted by molar-refractivity contribution is 7.89. The number of nitrogens with zero attached hydrogens (tertiary/aromatic N) is 4. The Morgan fingerprint density at radius 1 is 1.07 bits per heavy atom. The first-order chi connectivity index (χ1) is 12.8. The molecule has 0 aromatic heterocycles. The lowest BCUT2D eigenvalue weighted by atomic mass is 10.2. The maximum absolute atomic E-state index is 13.5. The molecule has 1 heterocycles. The maximum atomic E-state index is 13.5. The van der Waals surface area contributed by atoms with E-state index in [1.165, 1.54) is 28.6 Å². The van der Waals surface area contributed by atoms with E-state index < -0.39 is 20.8 Å². The van der Waals surface area contributed by atoms with E-state index in [-0.39, 0.29) is 42.4 Å². The SMILES string of the molecule is N#Cc1ccc(S(=O)(=O)N2CCN(c3cc(F)ccc3[N+](=O)[O-])CC2)cc1. The monoisotopic (exact) mass is 390 g/mol. The van der Waals surface area contributed by atoms with Crippen LogP contribution in [-0.4, -0.2) is 43.8 Å². The minimum atomic E-state index is -3.74. The molecule has 140 valence electrons. The lowest BCUT2D eigenvalue weighted by molar-refractivity contribution is -0.384. The lowest BCUT2D eigenvalue weighted by Gasteiger charge is -2.35. The summed E-state index contributed by atoms with van der Waals surface area (Å²) in [6.07, 6.45) is 0. The summed E-state index contributed by atoms with van der Waals surface area (Å²) in [5.41, 5.74) is 0.271. The van der Waals surface area contributed by atoms with Gasteiger partial charge in [-0.2, -0.15) is 9.57 Å². The summed E-state index contributed by atoms with van der Waals surface area (Å²) in [5, 5.41) is 20.0. The van der Waals surface area contributed by atoms with Gasteiger partial charge in [0.1, 0.15) is 11.5 Å². The second-order valence-electron chi connectivity index (χ2n) is 5.92. The zero-order chi connectivity index (χ0) is 19.6. The Hall–Kier alpha value is -3.03. The van der Waals surface area contributed by atoms with Crippen LogP contribution in [0.1, 0.15) is 5.56 Å². The highest BCUT2D eigenvalue weighted by Gasteiger charge is 2.30. The number of hydrogen-bond acceptors (Lipinski definition) is 6. The number of benzene rings is 2. The van der Waals surface area contributed by atoms with Crippen molar-refractivity contribution in [2.75, 3.05) is 31.1 Å². The lowest BCUT2D eigenvalue weighted by Crippen LogP contribution is -2.48. The van der Waals surface area contributed by atoms with Crippen molar-refractivity contribution in [3.05, 3.63) is 64.0 Å². The zero-order valence-corrected chi connectivity index (χ0v) is 14.9. The molecule has 1 aliphatic rings. The van der Waals surface area contributed by atoms with E-state index in [4.69, 9.17) is 5.26 Å². The van der Waals surface area contributed by atoms with Crippen molar-refractivity contribution in [3.8, 4) is 6.07 Å². The normalized spacial score (nSPS) is 15.3. The van der Waals surface area contributed by atoms with E-state index in [2.05, 4.69) is 0 Å². The molecule has 2 aromatic carbocycles. The average molecular weight is 390 g/mol. The quantitative estimate of drug-likeness (QED) is 0.584. The van der Waals surface area contributed by atoms with Crippen molar-refractivity contribution in [3.63, 3.8) is 0 Å². The average Bonchev–Trinajstić information content (AvgIpc) is 2.67. The van der Waals surface area contributed by atoms with Crippen molar-refractivity contribution in [2.24, 2.45) is 0 Å². The fourth-order valence-electron chi connectivity index (χ4n) is 2.92. The number of piperazine rings is 1. The highest BCUT2D eigenvalue weighted by Crippen LogP contribution is 2.30. The Morgan fingerprint density at radius 3 is 2.26 bits per heavy atom. The first-order valence-electron chi connectivity index (χ1n) is 8.02. The molecule has 0 saturated carbocycles. The van der Waals surface area contributed by atoms with Gasteiger partial charge in [0.05, 0.1) is 21.5 Å². The molecule has 3 rings (SSSR count). The van der Waals surface area contributed by atoms with Crippen LogP contribution in [0.3, 0.4) is 0 Å². The van der Waals surface area contributed by atoms with E-state index in [1.54, 1.807) is 4.90 Å². The van der Waals surface area contributed by atoms with Gasteiger partial charge in [-0.3, -0.25) is 10.1 Å². The molecule has 2 aromatic rings. The molecule has 0 spiro atoms. The molecule has 1 aliphatic heterocycles. The number of sulfonamides is 1. The molecule has 0 N–H and O–H groups in total. The van der Waals surface area contributed by atoms with E-state index in [9.17, 15) is 22.9 Å². The summed E-state index contributed by atoms with van der Waals surface area (Å²) in [7, 11) is -3.74. The maximum Gasteiger partial charge on any atom is 0.292 e. The van der Waals surface area contributed by atoms with Gasteiger partial charge in [-0.1, -0.05) is 0 Å². The van der Waals surface area contributed by atoms with Crippen LogP contribution in [-0.2, 0) is 10.0 Å². The third-order valence-electron chi connectivity index (χ3n) is 4.33. The van der Waals surface area contributed by atoms with Crippen molar-refractivity contribution < 1.29 is 17.7 Å². The van der Waals surface area contributed by atoms with Gasteiger partial charge in [0.2, 0.25) is 10.0 Å². The van der Waals surface area contributed by atoms with E-state index in [1.807, 2.05) is 6.07 Å². The summed E-state index contributed by atoms with van der Waals surface area (Å²) in [5.74, 6) is -0.594. The number of hydrogen-bond donors (Lipinski definition) is 0.